The van der Waals surface area contributed by atoms with E-state index in [1.54, 1.807) is 4.90 Å². The number of carbonyl (C=O) groups excluding carboxylic acids is 2. The predicted molar refractivity (Wildman–Crippen MR) is 119 cm³/mol. The van der Waals surface area contributed by atoms with Gasteiger partial charge in [-0.2, -0.15) is 0 Å². The number of amides is 1. The second-order valence-electron chi connectivity index (χ2n) is 9.13. The van der Waals surface area contributed by atoms with Crippen LogP contribution in [0.25, 0.3) is 0 Å². The third-order valence-corrected chi connectivity index (χ3v) is 5.99. The number of hydrogen-bond donors (Lipinski definition) is 0. The van der Waals surface area contributed by atoms with Gasteiger partial charge < -0.3 is 4.74 Å². The summed E-state index contributed by atoms with van der Waals surface area (Å²) in [4.78, 5) is 28.5. The number of anilines is 1. The van der Waals surface area contributed by atoms with Crippen molar-refractivity contribution in [3.63, 3.8) is 0 Å². The van der Waals surface area contributed by atoms with E-state index in [9.17, 15) is 9.59 Å². The Morgan fingerprint density at radius 1 is 1.07 bits per heavy atom. The standard InChI is InChI=1S/C26H29NO3/c1-5-30-20-11-9-19(10-12-20)27-22-15-26(3,4)16-23(28)25(22)21(14-24(27)29)18-8-6-7-17(2)13-18/h6-13,21H,5,14-16H2,1-4H3. The third-order valence-electron chi connectivity index (χ3n) is 5.99. The van der Waals surface area contributed by atoms with Crippen LogP contribution in [0.3, 0.4) is 0 Å². The molecule has 2 aromatic rings. The van der Waals surface area contributed by atoms with Crippen LogP contribution >= 0.6 is 0 Å². The summed E-state index contributed by atoms with van der Waals surface area (Å²) in [5.41, 5.74) is 4.49. The average molecular weight is 404 g/mol. The minimum Gasteiger partial charge on any atom is -0.494 e. The summed E-state index contributed by atoms with van der Waals surface area (Å²) in [6.45, 7) is 8.79. The molecule has 1 unspecified atom stereocenters. The van der Waals surface area contributed by atoms with E-state index in [2.05, 4.69) is 19.9 Å². The number of ether oxygens (including phenoxy) is 1. The topological polar surface area (TPSA) is 46.6 Å². The first-order chi connectivity index (χ1) is 14.3. The number of rotatable bonds is 4. The maximum atomic E-state index is 13.4. The Kier molecular flexibility index (Phi) is 5.27. The van der Waals surface area contributed by atoms with E-state index in [0.717, 1.165) is 33.8 Å². The van der Waals surface area contributed by atoms with Gasteiger partial charge in [0, 0.05) is 35.7 Å². The fraction of sp³-hybridized carbons (Fsp3) is 0.385. The average Bonchev–Trinajstić information content (AvgIpc) is 2.67. The zero-order valence-corrected chi connectivity index (χ0v) is 18.2. The third kappa shape index (κ3) is 3.79. The molecule has 30 heavy (non-hydrogen) atoms. The van der Waals surface area contributed by atoms with Crippen LogP contribution in [0.1, 0.15) is 57.1 Å². The molecule has 0 radical (unpaired) electrons. The van der Waals surface area contributed by atoms with Crippen LogP contribution in [0.5, 0.6) is 5.75 Å². The Morgan fingerprint density at radius 3 is 2.47 bits per heavy atom. The van der Waals surface area contributed by atoms with Gasteiger partial charge in [-0.1, -0.05) is 43.7 Å². The van der Waals surface area contributed by atoms with Crippen LogP contribution in [-0.4, -0.2) is 18.3 Å². The molecule has 0 fully saturated rings. The number of nitrogens with zero attached hydrogens (tertiary/aromatic N) is 1. The molecule has 0 bridgehead atoms. The molecule has 0 saturated heterocycles. The van der Waals surface area contributed by atoms with E-state index >= 15 is 0 Å². The Balaban J connectivity index is 1.84. The number of hydrogen-bond acceptors (Lipinski definition) is 3. The molecular weight excluding hydrogens is 374 g/mol. The van der Waals surface area contributed by atoms with E-state index in [4.69, 9.17) is 4.74 Å². The Bertz CT molecular complexity index is 1020. The highest BCUT2D eigenvalue weighted by Crippen LogP contribution is 2.48. The lowest BCUT2D eigenvalue weighted by Crippen LogP contribution is -2.43. The van der Waals surface area contributed by atoms with Crippen molar-refractivity contribution in [3.05, 3.63) is 70.9 Å². The zero-order valence-electron chi connectivity index (χ0n) is 18.2. The van der Waals surface area contributed by atoms with Crippen LogP contribution in [0.4, 0.5) is 5.69 Å². The van der Waals surface area contributed by atoms with Crippen LogP contribution in [0.15, 0.2) is 59.8 Å². The van der Waals surface area contributed by atoms with Gasteiger partial charge in [-0.15, -0.1) is 0 Å². The summed E-state index contributed by atoms with van der Waals surface area (Å²) < 4.78 is 5.55. The second-order valence-corrected chi connectivity index (χ2v) is 9.13. The van der Waals surface area contributed by atoms with Crippen molar-refractivity contribution in [2.75, 3.05) is 11.5 Å². The summed E-state index contributed by atoms with van der Waals surface area (Å²) in [6, 6.07) is 15.8. The van der Waals surface area contributed by atoms with Gasteiger partial charge in [0.2, 0.25) is 5.91 Å². The first kappa shape index (κ1) is 20.4. The number of ketones is 1. The molecule has 1 atom stereocenters. The van der Waals surface area contributed by atoms with Crippen molar-refractivity contribution in [1.82, 2.24) is 0 Å². The van der Waals surface area contributed by atoms with E-state index in [1.165, 1.54) is 0 Å². The van der Waals surface area contributed by atoms with Gasteiger partial charge in [0.15, 0.2) is 5.78 Å². The first-order valence-electron chi connectivity index (χ1n) is 10.7. The van der Waals surface area contributed by atoms with Crippen molar-refractivity contribution >= 4 is 17.4 Å². The van der Waals surface area contributed by atoms with Crippen molar-refractivity contribution in [1.29, 1.82) is 0 Å². The molecule has 1 aliphatic carbocycles. The molecule has 1 aliphatic heterocycles. The largest absolute Gasteiger partial charge is 0.494 e. The molecule has 0 saturated carbocycles. The highest BCUT2D eigenvalue weighted by molar-refractivity contribution is 6.07. The van der Waals surface area contributed by atoms with Crippen molar-refractivity contribution in [3.8, 4) is 5.75 Å². The molecule has 1 amide bonds. The summed E-state index contributed by atoms with van der Waals surface area (Å²) in [5, 5.41) is 0. The summed E-state index contributed by atoms with van der Waals surface area (Å²) in [5.74, 6) is 0.804. The highest BCUT2D eigenvalue weighted by atomic mass is 16.5. The van der Waals surface area contributed by atoms with Crippen molar-refractivity contribution in [2.24, 2.45) is 5.41 Å². The summed E-state index contributed by atoms with van der Waals surface area (Å²) >= 11 is 0. The Labute approximate surface area is 178 Å². The SMILES string of the molecule is CCOc1ccc(N2C(=O)CC(c3cccc(C)c3)C3=C2CC(C)(C)CC3=O)cc1. The molecule has 0 aromatic heterocycles. The molecule has 2 aromatic carbocycles. The maximum absolute atomic E-state index is 13.4. The molecule has 4 nitrogen and oxygen atoms in total. The van der Waals surface area contributed by atoms with E-state index in [1.807, 2.05) is 56.3 Å². The van der Waals surface area contributed by atoms with Gasteiger partial charge in [-0.3, -0.25) is 14.5 Å². The number of benzene rings is 2. The molecule has 2 aliphatic rings. The van der Waals surface area contributed by atoms with E-state index in [0.29, 0.717) is 25.9 Å². The number of Topliss-reactive ketones (excluding diaryl/α,β-unsaturated/α-hetero) is 1. The number of aryl methyl sites for hydroxylation is 1. The van der Waals surface area contributed by atoms with Crippen molar-refractivity contribution < 1.29 is 14.3 Å². The molecule has 0 N–H and O–H groups in total. The molecular formula is C26H29NO3. The minimum absolute atomic E-state index is 0.0370. The predicted octanol–water partition coefficient (Wildman–Crippen LogP) is 5.56. The van der Waals surface area contributed by atoms with Gasteiger partial charge in [-0.05, 0) is 55.5 Å². The van der Waals surface area contributed by atoms with Gasteiger partial charge in [0.1, 0.15) is 5.75 Å². The molecule has 156 valence electrons. The van der Waals surface area contributed by atoms with E-state index in [-0.39, 0.29) is 23.0 Å². The highest BCUT2D eigenvalue weighted by Gasteiger charge is 2.44. The fourth-order valence-corrected chi connectivity index (χ4v) is 4.74. The van der Waals surface area contributed by atoms with E-state index < -0.39 is 0 Å². The lowest BCUT2D eigenvalue weighted by molar-refractivity contribution is -0.121. The Morgan fingerprint density at radius 2 is 1.80 bits per heavy atom. The minimum atomic E-state index is -0.172. The monoisotopic (exact) mass is 403 g/mol. The van der Waals surface area contributed by atoms with Crippen LogP contribution in [-0.2, 0) is 9.59 Å². The second kappa shape index (κ2) is 7.75. The van der Waals surface area contributed by atoms with Crippen LogP contribution < -0.4 is 9.64 Å². The molecule has 1 heterocycles. The van der Waals surface area contributed by atoms with Crippen molar-refractivity contribution in [2.45, 2.75) is 52.9 Å². The van der Waals surface area contributed by atoms with Crippen LogP contribution in [0, 0.1) is 12.3 Å². The smallest absolute Gasteiger partial charge is 0.232 e. The Hall–Kier alpha value is -2.88. The lowest BCUT2D eigenvalue weighted by Gasteiger charge is -2.43. The van der Waals surface area contributed by atoms with Gasteiger partial charge in [0.25, 0.3) is 0 Å². The lowest BCUT2D eigenvalue weighted by atomic mass is 9.69. The number of allylic oxidation sites excluding steroid dienone is 2. The molecule has 4 rings (SSSR count). The molecule has 0 spiro atoms. The molecule has 4 heteroatoms. The first-order valence-corrected chi connectivity index (χ1v) is 10.7. The maximum Gasteiger partial charge on any atom is 0.232 e. The van der Waals surface area contributed by atoms with Gasteiger partial charge >= 0.3 is 0 Å². The number of carbonyl (C=O) groups is 2. The zero-order chi connectivity index (χ0) is 21.5. The van der Waals surface area contributed by atoms with Gasteiger partial charge in [-0.25, -0.2) is 0 Å². The summed E-state index contributed by atoms with van der Waals surface area (Å²) in [6.07, 6.45) is 1.52. The quantitative estimate of drug-likeness (QED) is 0.672. The normalized spacial score (nSPS) is 20.9. The van der Waals surface area contributed by atoms with Crippen LogP contribution in [0.2, 0.25) is 0 Å². The summed E-state index contributed by atoms with van der Waals surface area (Å²) in [7, 11) is 0. The van der Waals surface area contributed by atoms with Gasteiger partial charge in [0.05, 0.1) is 6.61 Å². The fourth-order valence-electron chi connectivity index (χ4n) is 4.74.